The lowest BCUT2D eigenvalue weighted by molar-refractivity contribution is -0.135. The van der Waals surface area contributed by atoms with Gasteiger partial charge in [0.05, 0.1) is 18.1 Å². The highest BCUT2D eigenvalue weighted by Gasteiger charge is 2.56. The maximum absolute atomic E-state index is 11.3. The van der Waals surface area contributed by atoms with E-state index in [1.165, 1.54) is 124 Å². The van der Waals surface area contributed by atoms with Gasteiger partial charge in [0.1, 0.15) is 0 Å². The molecule has 5 unspecified atom stereocenters. The summed E-state index contributed by atoms with van der Waals surface area (Å²) in [4.78, 5) is 73.1. The number of nitrogens with zero attached hydrogens (tertiary/aromatic N) is 23. The fourth-order valence-electron chi connectivity index (χ4n) is 25.3. The number of hydrogen-bond acceptors (Lipinski definition) is 21. The molecule has 0 aliphatic carbocycles. The van der Waals surface area contributed by atoms with Gasteiger partial charge in [-0.25, -0.2) is 19.7 Å². The number of carbonyl (C=O) groups is 1. The van der Waals surface area contributed by atoms with E-state index in [0.717, 1.165) is 133 Å². The molecule has 13 aliphatic heterocycles. The van der Waals surface area contributed by atoms with Crippen molar-refractivity contribution in [2.75, 3.05) is 209 Å². The molecule has 0 aromatic rings. The first-order chi connectivity index (χ1) is 66.7. The molecule has 25 nitrogen and oxygen atoms in total. The van der Waals surface area contributed by atoms with Crippen LogP contribution in [0.3, 0.4) is 0 Å². The van der Waals surface area contributed by atoms with Crippen LogP contribution in [0.25, 0.3) is 14.5 Å². The summed E-state index contributed by atoms with van der Waals surface area (Å²) in [6, 6.07) is 16.1. The van der Waals surface area contributed by atoms with E-state index in [4.69, 9.17) is 25.5 Å². The summed E-state index contributed by atoms with van der Waals surface area (Å²) in [5.41, 5.74) is 7.76. The van der Waals surface area contributed by atoms with E-state index in [2.05, 4.69) is 452 Å². The lowest BCUT2D eigenvalue weighted by Gasteiger charge is -2.62. The standard InChI is InChI=1S/C14H29N3O.2C13H26N2.3C12H23N3.C12H26N2.C11H22N2.C11H24N2.C10H22N2/c1-13(2,3)16-7-8-17(14(4,5)6)11(10-16)9-12(15)18;2*1-12(2,3)14-8-7-10-11(14)9-15(10)13(4,5)6;3*1-10(2)14-6-7-15(11(3)4)12(9-14)8-13-5;1-9(2)13-7-12(6)14(10(3)4)8-11(13)5;1-9(2)12-5-11(6-12)7-13(8-11)10(3)4;1-9(2)12-6-7-13(10(3)4)11(5)8-12;1-9(2)11-5-7-12(8-6-11)10(3)4/h11H,7-10H2,1-6H3,(H2,15,18);2*10-11H,7-9H2,1-6H3;3*10-12H,6-9H2,1-4H3;9-12H,7-8H2,1-6H3;9-10H,5-8H2,1-4H3;9-11H,6-8H2,1-5H3;9-10H,5-8H2,1-4H3/t11-;10?,11-;10-,11-;2*12-;;;;;/m00110...../s1. The van der Waals surface area contributed by atoms with Gasteiger partial charge in [-0.05, 0) is 352 Å². The molecule has 850 valence electrons. The Labute approximate surface area is 901 Å². The number of hydrogen-bond donors (Lipinski definition) is 1. The molecule has 0 aromatic carbocycles. The second-order valence-corrected chi connectivity index (χ2v) is 56.1. The second-order valence-electron chi connectivity index (χ2n) is 56.1. The maximum Gasteiger partial charge on any atom is 0.231 e. The van der Waals surface area contributed by atoms with Gasteiger partial charge in [0, 0.05) is 368 Å². The van der Waals surface area contributed by atoms with Crippen LogP contribution >= 0.6 is 0 Å². The first-order valence-electron chi connectivity index (χ1n) is 59.0. The summed E-state index contributed by atoms with van der Waals surface area (Å²) < 4.78 is 0. The van der Waals surface area contributed by atoms with Gasteiger partial charge in [0.15, 0.2) is 0 Å². The Bertz CT molecular complexity index is 3450. The number of amides is 1. The van der Waals surface area contributed by atoms with Crippen molar-refractivity contribution in [1.29, 1.82) is 0 Å². The summed E-state index contributed by atoms with van der Waals surface area (Å²) >= 11 is 0. The highest BCUT2D eigenvalue weighted by atomic mass is 16.1. The molecule has 13 rings (SSSR count). The van der Waals surface area contributed by atoms with Crippen LogP contribution in [-0.4, -0.2) is 498 Å². The summed E-state index contributed by atoms with van der Waals surface area (Å²) in [7, 11) is 0. The van der Waals surface area contributed by atoms with Crippen LogP contribution in [0.15, 0.2) is 0 Å². The van der Waals surface area contributed by atoms with Crippen LogP contribution in [0.1, 0.15) is 359 Å². The molecule has 1 spiro atoms. The molecule has 145 heavy (non-hydrogen) atoms. The Morgan fingerprint density at radius 3 is 0.731 bits per heavy atom. The van der Waals surface area contributed by atoms with Crippen molar-refractivity contribution < 1.29 is 4.79 Å². The van der Waals surface area contributed by atoms with E-state index >= 15 is 0 Å². The molecule has 13 heterocycles. The number of rotatable bonds is 19. The Kier molecular flexibility index (Phi) is 55.5. The number of primary amides is 1. The van der Waals surface area contributed by atoms with E-state index in [9.17, 15) is 4.79 Å². The highest BCUT2D eigenvalue weighted by Crippen LogP contribution is 2.44. The minimum absolute atomic E-state index is 0.0874. The van der Waals surface area contributed by atoms with Crippen molar-refractivity contribution >= 4 is 5.91 Å². The highest BCUT2D eigenvalue weighted by molar-refractivity contribution is 5.74. The molecule has 13 fully saturated rings. The first-order valence-corrected chi connectivity index (χ1v) is 59.0. The van der Waals surface area contributed by atoms with Crippen molar-refractivity contribution in [3.63, 3.8) is 0 Å². The van der Waals surface area contributed by atoms with Gasteiger partial charge in [-0.1, -0.05) is 0 Å². The molecule has 0 bridgehead atoms. The van der Waals surface area contributed by atoms with Gasteiger partial charge in [0.2, 0.25) is 25.5 Å². The van der Waals surface area contributed by atoms with Crippen molar-refractivity contribution in [2.45, 2.75) is 543 Å². The van der Waals surface area contributed by atoms with Crippen LogP contribution in [-0.2, 0) is 4.79 Å². The Hall–Kier alpha value is -2.86. The van der Waals surface area contributed by atoms with Gasteiger partial charge in [0.25, 0.3) is 0 Å². The zero-order chi connectivity index (χ0) is 111. The molecular formula is C120H244N24O. The van der Waals surface area contributed by atoms with E-state index < -0.39 is 0 Å². The number of carbonyl (C=O) groups excluding carboxylic acids is 1. The minimum Gasteiger partial charge on any atom is -0.370 e. The van der Waals surface area contributed by atoms with Crippen LogP contribution in [0.4, 0.5) is 0 Å². The zero-order valence-electron chi connectivity index (χ0n) is 105. The molecule has 0 aromatic heterocycles. The molecule has 0 saturated carbocycles. The van der Waals surface area contributed by atoms with Gasteiger partial charge in [-0.3, -0.25) is 103 Å². The lowest BCUT2D eigenvalue weighted by atomic mass is 9.72. The third kappa shape index (κ3) is 42.0. The summed E-state index contributed by atoms with van der Waals surface area (Å²) in [6.45, 7) is 169. The summed E-state index contributed by atoms with van der Waals surface area (Å²) in [5, 5.41) is 0. The van der Waals surface area contributed by atoms with Gasteiger partial charge >= 0.3 is 0 Å². The third-order valence-corrected chi connectivity index (χ3v) is 34.5. The van der Waals surface area contributed by atoms with E-state index in [-0.39, 0.29) is 23.0 Å². The first kappa shape index (κ1) is 134. The number of piperazine rings is 7. The molecule has 13 saturated heterocycles. The summed E-state index contributed by atoms with van der Waals surface area (Å²) in [5.74, 6) is -0.204. The van der Waals surface area contributed by atoms with Crippen molar-refractivity contribution in [3.05, 3.63) is 34.3 Å². The van der Waals surface area contributed by atoms with Gasteiger partial charge in [-0.15, -0.1) is 0 Å². The average molecular weight is 2040 g/mol. The monoisotopic (exact) mass is 2040 g/mol. The Balaban J connectivity index is 0.000000336. The second kappa shape index (κ2) is 59.9. The number of fused-ring (bicyclic) bond motifs is 2. The van der Waals surface area contributed by atoms with Gasteiger partial charge in [-0.2, -0.15) is 0 Å². The van der Waals surface area contributed by atoms with Crippen molar-refractivity contribution in [2.24, 2.45) is 11.1 Å². The largest absolute Gasteiger partial charge is 0.370 e. The third-order valence-electron chi connectivity index (χ3n) is 34.5. The molecule has 11 atom stereocenters. The fourth-order valence-corrected chi connectivity index (χ4v) is 25.3. The molecule has 2 N–H and O–H groups in total. The van der Waals surface area contributed by atoms with Crippen LogP contribution in [0.2, 0.25) is 0 Å². The fraction of sp³-hybridized carbons (Fsp3) is 0.967. The Morgan fingerprint density at radius 1 is 0.255 bits per heavy atom. The molecular weight excluding hydrogens is 1790 g/mol. The van der Waals surface area contributed by atoms with Crippen LogP contribution in [0.5, 0.6) is 0 Å². The minimum atomic E-state index is -0.204. The normalized spacial score (nSPS) is 27.6. The van der Waals surface area contributed by atoms with Crippen molar-refractivity contribution in [3.8, 4) is 0 Å². The SMILES string of the molecule is CC(C)(C)N1CCN(C(C)(C)C)[C@@H](CC(N)=O)C1.CC(C)(C)N1CC[C@@H]2[C@H]1CN2C(C)(C)C.CC(C)(C)N1C[C@H]2C1CCN2C(C)(C)C.CC(C)N1CC(C)N(C(C)C)CC1C.CC(C)N1CC2(C1)CN(C(C)C)C2.CC(C)N1CCN(C(C)C)C(C)C1.CC(C)N1CCN(C(C)C)CC1.[C-]#[N+]CC1CN(C(C)C)CCN1C(C)C.[C-]#[N+]C[C@@H]1CN(C(C)C)CCN1C(C)C.[C-]#[N+]C[C@H]1CN(C(C)C)CCN1C(C)C. The Morgan fingerprint density at radius 2 is 0.503 bits per heavy atom. The maximum atomic E-state index is 11.3. The van der Waals surface area contributed by atoms with E-state index in [0.29, 0.717) is 144 Å². The quantitative estimate of drug-likeness (QED) is 0.123. The molecule has 0 radical (unpaired) electrons. The average Bonchev–Trinajstić information content (AvgIpc) is 1.62. The number of likely N-dealkylation sites (tertiary alicyclic amines) is 6. The predicted molar refractivity (Wildman–Crippen MR) is 627 cm³/mol. The molecule has 13 aliphatic rings. The smallest absolute Gasteiger partial charge is 0.231 e. The van der Waals surface area contributed by atoms with E-state index in [1.807, 2.05) is 0 Å². The lowest BCUT2D eigenvalue weighted by Crippen LogP contribution is -2.73. The van der Waals surface area contributed by atoms with Gasteiger partial charge < -0.3 is 20.3 Å². The van der Waals surface area contributed by atoms with Crippen LogP contribution in [0, 0.1) is 25.1 Å². The zero-order valence-corrected chi connectivity index (χ0v) is 105. The number of nitrogens with two attached hydrogens (primary N) is 1. The summed E-state index contributed by atoms with van der Waals surface area (Å²) in [6.07, 6.45) is 3.17. The van der Waals surface area contributed by atoms with Crippen LogP contribution < -0.4 is 5.73 Å². The molecule has 25 heteroatoms. The topological polar surface area (TPSA) is 121 Å². The molecule has 1 amide bonds. The van der Waals surface area contributed by atoms with Crippen molar-refractivity contribution in [1.82, 2.24) is 98.0 Å². The van der Waals surface area contributed by atoms with E-state index in [1.54, 1.807) is 0 Å². The predicted octanol–water partition coefficient (Wildman–Crippen LogP) is 18.1.